The summed E-state index contributed by atoms with van der Waals surface area (Å²) in [6.45, 7) is 7.10. The van der Waals surface area contributed by atoms with E-state index in [9.17, 15) is 4.57 Å². The highest BCUT2D eigenvalue weighted by Crippen LogP contribution is 2.60. The summed E-state index contributed by atoms with van der Waals surface area (Å²) < 4.78 is 21.9. The second kappa shape index (κ2) is 6.66. The zero-order chi connectivity index (χ0) is 10.3. The van der Waals surface area contributed by atoms with E-state index < -0.39 is 6.80 Å². The molecule has 0 unspecified atom stereocenters. The lowest BCUT2D eigenvalue weighted by Crippen LogP contribution is -1.93. The van der Waals surface area contributed by atoms with Crippen LogP contribution < -0.4 is 0 Å². The van der Waals surface area contributed by atoms with Crippen LogP contribution in [0.1, 0.15) is 20.8 Å². The van der Waals surface area contributed by atoms with Crippen molar-refractivity contribution < 1.29 is 13.6 Å². The van der Waals surface area contributed by atoms with Crippen LogP contribution in [-0.2, 0) is 13.6 Å². The molecule has 0 aromatic heterocycles. The Morgan fingerprint density at radius 1 is 1.38 bits per heavy atom. The van der Waals surface area contributed by atoms with E-state index in [4.69, 9.17) is 9.05 Å². The minimum absolute atomic E-state index is 0.403. The molecule has 0 aromatic carbocycles. The largest absolute Gasteiger partial charge is 0.389 e. The molecule has 0 fully saturated rings. The Bertz CT molecular complexity index is 196. The first-order valence-corrected chi connectivity index (χ1v) is 7.35. The molecule has 0 heterocycles. The summed E-state index contributed by atoms with van der Waals surface area (Å²) in [5, 5.41) is 0. The Kier molecular flexibility index (Phi) is 6.78. The molecule has 0 aliphatic carbocycles. The van der Waals surface area contributed by atoms with E-state index in [0.717, 1.165) is 5.57 Å². The molecule has 0 saturated heterocycles. The van der Waals surface area contributed by atoms with E-state index in [0.29, 0.717) is 19.0 Å². The van der Waals surface area contributed by atoms with Crippen molar-refractivity contribution in [2.45, 2.75) is 20.8 Å². The first-order valence-electron chi connectivity index (χ1n) is 4.22. The zero-order valence-corrected chi connectivity index (χ0v) is 10.1. The zero-order valence-electron chi connectivity index (χ0n) is 8.41. The highest BCUT2D eigenvalue weighted by molar-refractivity contribution is 8.55. The van der Waals surface area contributed by atoms with Gasteiger partial charge in [0.15, 0.2) is 0 Å². The maximum absolute atomic E-state index is 11.8. The third-order valence-electron chi connectivity index (χ3n) is 1.04. The maximum atomic E-state index is 11.8. The fourth-order valence-corrected chi connectivity index (χ4v) is 4.07. The average molecular weight is 224 g/mol. The van der Waals surface area contributed by atoms with Crippen molar-refractivity contribution in [1.82, 2.24) is 0 Å². The third-order valence-corrected chi connectivity index (χ3v) is 5.10. The van der Waals surface area contributed by atoms with Gasteiger partial charge < -0.3 is 9.05 Å². The molecule has 0 bridgehead atoms. The Balaban J connectivity index is 4.07. The fraction of sp³-hybridized carbons (Fsp3) is 0.750. The third kappa shape index (κ3) is 6.33. The number of rotatable bonds is 7. The van der Waals surface area contributed by atoms with Gasteiger partial charge in [-0.15, -0.1) is 0 Å². The van der Waals surface area contributed by atoms with Crippen LogP contribution in [0.3, 0.4) is 0 Å². The van der Waals surface area contributed by atoms with E-state index in [2.05, 4.69) is 6.58 Å². The average Bonchev–Trinajstić information content (AvgIpc) is 2.02. The van der Waals surface area contributed by atoms with Crippen molar-refractivity contribution in [1.29, 1.82) is 0 Å². The van der Waals surface area contributed by atoms with E-state index in [-0.39, 0.29) is 0 Å². The second-order valence-corrected chi connectivity index (χ2v) is 6.59. The van der Waals surface area contributed by atoms with E-state index >= 15 is 0 Å². The van der Waals surface area contributed by atoms with Crippen LogP contribution in [0.4, 0.5) is 0 Å². The monoisotopic (exact) mass is 224 g/mol. The Hall–Kier alpha value is 0.240. The van der Waals surface area contributed by atoms with Gasteiger partial charge in [-0.1, -0.05) is 12.2 Å². The first kappa shape index (κ1) is 13.2. The highest BCUT2D eigenvalue weighted by Gasteiger charge is 2.23. The van der Waals surface area contributed by atoms with E-state index in [1.165, 1.54) is 11.4 Å². The molecule has 5 heteroatoms. The minimum atomic E-state index is -2.92. The fourth-order valence-electron chi connectivity index (χ4n) is 0.617. The normalized spacial score (nSPS) is 11.6. The van der Waals surface area contributed by atoms with Gasteiger partial charge in [0, 0.05) is 5.75 Å². The highest BCUT2D eigenvalue weighted by atomic mass is 32.7. The van der Waals surface area contributed by atoms with Crippen LogP contribution in [0.2, 0.25) is 0 Å². The van der Waals surface area contributed by atoms with Crippen molar-refractivity contribution in [3.05, 3.63) is 12.2 Å². The Morgan fingerprint density at radius 3 is 2.15 bits per heavy atom. The van der Waals surface area contributed by atoms with Gasteiger partial charge in [0.25, 0.3) is 0 Å². The van der Waals surface area contributed by atoms with Crippen molar-refractivity contribution in [2.24, 2.45) is 0 Å². The van der Waals surface area contributed by atoms with Crippen molar-refractivity contribution in [3.8, 4) is 0 Å². The summed E-state index contributed by atoms with van der Waals surface area (Å²) >= 11 is 1.19. The molecule has 0 amide bonds. The molecule has 3 nitrogen and oxygen atoms in total. The van der Waals surface area contributed by atoms with Crippen LogP contribution in [0.15, 0.2) is 12.2 Å². The molecule has 0 aromatic rings. The standard InChI is InChI=1S/C8H17O3PS/c1-5-10-12(9,11-6-2)13-7-8(3)4/h3,5-7H2,1-2,4H3. The summed E-state index contributed by atoms with van der Waals surface area (Å²) in [4.78, 5) is 0. The van der Waals surface area contributed by atoms with Crippen LogP contribution >= 0.6 is 18.2 Å². The molecule has 0 rings (SSSR count). The molecule has 78 valence electrons. The van der Waals surface area contributed by atoms with Gasteiger partial charge in [-0.2, -0.15) is 0 Å². The van der Waals surface area contributed by atoms with Crippen LogP contribution in [0.5, 0.6) is 0 Å². The molecular weight excluding hydrogens is 207 g/mol. The van der Waals surface area contributed by atoms with Crippen LogP contribution in [0, 0.1) is 0 Å². The van der Waals surface area contributed by atoms with Gasteiger partial charge in [0.05, 0.1) is 13.2 Å². The molecule has 0 saturated carbocycles. The van der Waals surface area contributed by atoms with Gasteiger partial charge in [-0.3, -0.25) is 0 Å². The molecule has 0 spiro atoms. The summed E-state index contributed by atoms with van der Waals surface area (Å²) in [6.07, 6.45) is 0. The van der Waals surface area contributed by atoms with Gasteiger partial charge >= 0.3 is 6.80 Å². The molecule has 0 radical (unpaired) electrons. The molecule has 0 aliphatic heterocycles. The maximum Gasteiger partial charge on any atom is 0.389 e. The van der Waals surface area contributed by atoms with Gasteiger partial charge in [0.1, 0.15) is 0 Å². The van der Waals surface area contributed by atoms with E-state index in [1.807, 2.05) is 6.92 Å². The quantitative estimate of drug-likeness (QED) is 0.490. The number of hydrogen-bond donors (Lipinski definition) is 0. The van der Waals surface area contributed by atoms with Crippen molar-refractivity contribution >= 4 is 18.2 Å². The number of hydrogen-bond acceptors (Lipinski definition) is 4. The van der Waals surface area contributed by atoms with Gasteiger partial charge in [-0.05, 0) is 32.2 Å². The minimum Gasteiger partial charge on any atom is -0.301 e. The predicted molar refractivity (Wildman–Crippen MR) is 58.1 cm³/mol. The van der Waals surface area contributed by atoms with Crippen molar-refractivity contribution in [3.63, 3.8) is 0 Å². The Morgan fingerprint density at radius 2 is 1.85 bits per heavy atom. The van der Waals surface area contributed by atoms with Gasteiger partial charge in [-0.25, -0.2) is 4.57 Å². The smallest absolute Gasteiger partial charge is 0.301 e. The summed E-state index contributed by atoms with van der Waals surface area (Å²) in [7, 11) is 0. The molecule has 0 aliphatic rings. The second-order valence-electron chi connectivity index (χ2n) is 2.51. The summed E-state index contributed by atoms with van der Waals surface area (Å²) in [5.41, 5.74) is 0.963. The molecule has 0 N–H and O–H groups in total. The molecule has 0 atom stereocenters. The summed E-state index contributed by atoms with van der Waals surface area (Å²) in [6, 6.07) is 0. The van der Waals surface area contributed by atoms with Crippen molar-refractivity contribution in [2.75, 3.05) is 19.0 Å². The van der Waals surface area contributed by atoms with Gasteiger partial charge in [0.2, 0.25) is 0 Å². The predicted octanol–water partition coefficient (Wildman–Crippen LogP) is 3.48. The van der Waals surface area contributed by atoms with E-state index in [1.54, 1.807) is 13.8 Å². The lowest BCUT2D eigenvalue weighted by molar-refractivity contribution is 0.237. The molecule has 13 heavy (non-hydrogen) atoms. The summed E-state index contributed by atoms with van der Waals surface area (Å²) in [5.74, 6) is 0.608. The Labute approximate surface area is 84.2 Å². The van der Waals surface area contributed by atoms with Crippen LogP contribution in [-0.4, -0.2) is 19.0 Å². The SMILES string of the molecule is C=C(C)CSP(=O)(OCC)OCC. The molecular formula is C8H17O3PS. The first-order chi connectivity index (χ1) is 6.04. The lowest BCUT2D eigenvalue weighted by atomic mass is 10.4. The van der Waals surface area contributed by atoms with Crippen LogP contribution in [0.25, 0.3) is 0 Å². The topological polar surface area (TPSA) is 35.5 Å². The lowest BCUT2D eigenvalue weighted by Gasteiger charge is -2.15.